The third-order valence-corrected chi connectivity index (χ3v) is 3.85. The maximum atomic E-state index is 5.91. The highest BCUT2D eigenvalue weighted by atomic mass is 35.5. The topological polar surface area (TPSA) is 27.3 Å². The lowest BCUT2D eigenvalue weighted by atomic mass is 10.1. The SMILES string of the molecule is CCCCC[C@]1(C)NC(=S)N(c2ccc(Cl)cc2)N1. The van der Waals surface area contributed by atoms with E-state index in [9.17, 15) is 0 Å². The summed E-state index contributed by atoms with van der Waals surface area (Å²) < 4.78 is 0. The van der Waals surface area contributed by atoms with Gasteiger partial charge < -0.3 is 5.32 Å². The molecule has 2 N–H and O–H groups in total. The molecule has 1 atom stereocenters. The first-order valence-electron chi connectivity index (χ1n) is 6.70. The zero-order chi connectivity index (χ0) is 13.9. The molecule has 1 heterocycles. The first-order valence-corrected chi connectivity index (χ1v) is 7.48. The van der Waals surface area contributed by atoms with Crippen LogP contribution in [0.15, 0.2) is 24.3 Å². The lowest BCUT2D eigenvalue weighted by molar-refractivity contribution is 0.334. The minimum atomic E-state index is -0.161. The zero-order valence-corrected chi connectivity index (χ0v) is 12.9. The summed E-state index contributed by atoms with van der Waals surface area (Å²) in [5.41, 5.74) is 4.29. The molecule has 1 aliphatic rings. The molecule has 1 aromatic rings. The minimum Gasteiger partial charge on any atom is -0.342 e. The molecular formula is C14H20ClN3S. The molecule has 5 heteroatoms. The Morgan fingerprint density at radius 2 is 1.95 bits per heavy atom. The Bertz CT molecular complexity index is 449. The second-order valence-electron chi connectivity index (χ2n) is 5.14. The third-order valence-electron chi connectivity index (χ3n) is 3.31. The number of benzene rings is 1. The van der Waals surface area contributed by atoms with Crippen LogP contribution in [0.2, 0.25) is 5.02 Å². The molecule has 1 fully saturated rings. The van der Waals surface area contributed by atoms with Crippen LogP contribution >= 0.6 is 23.8 Å². The molecular weight excluding hydrogens is 278 g/mol. The van der Waals surface area contributed by atoms with E-state index in [1.807, 2.05) is 29.3 Å². The minimum absolute atomic E-state index is 0.161. The normalized spacial score (nSPS) is 22.7. The van der Waals surface area contributed by atoms with Crippen LogP contribution in [0.4, 0.5) is 5.69 Å². The van der Waals surface area contributed by atoms with Crippen molar-refractivity contribution in [2.75, 3.05) is 5.01 Å². The maximum absolute atomic E-state index is 5.91. The summed E-state index contributed by atoms with van der Waals surface area (Å²) >= 11 is 11.3. The Morgan fingerprint density at radius 3 is 2.58 bits per heavy atom. The number of nitrogens with one attached hydrogen (secondary N) is 2. The Morgan fingerprint density at radius 1 is 1.26 bits per heavy atom. The molecule has 0 aliphatic carbocycles. The van der Waals surface area contributed by atoms with E-state index in [0.717, 1.165) is 17.1 Å². The van der Waals surface area contributed by atoms with Crippen LogP contribution in [0.25, 0.3) is 0 Å². The quantitative estimate of drug-likeness (QED) is 0.638. The van der Waals surface area contributed by atoms with Crippen molar-refractivity contribution in [1.82, 2.24) is 10.7 Å². The van der Waals surface area contributed by atoms with Gasteiger partial charge in [0, 0.05) is 5.02 Å². The van der Waals surface area contributed by atoms with Gasteiger partial charge in [0.2, 0.25) is 0 Å². The number of rotatable bonds is 5. The van der Waals surface area contributed by atoms with Gasteiger partial charge in [0.1, 0.15) is 5.66 Å². The average Bonchev–Trinajstić information content (AvgIpc) is 2.67. The van der Waals surface area contributed by atoms with E-state index in [2.05, 4.69) is 24.6 Å². The molecule has 104 valence electrons. The summed E-state index contributed by atoms with van der Waals surface area (Å²) in [6.45, 7) is 4.35. The third kappa shape index (κ3) is 3.59. The van der Waals surface area contributed by atoms with Crippen molar-refractivity contribution in [2.45, 2.75) is 45.2 Å². The Hall–Kier alpha value is -0.840. The Labute approximate surface area is 125 Å². The number of hydrazine groups is 1. The average molecular weight is 298 g/mol. The highest BCUT2D eigenvalue weighted by Gasteiger charge is 2.35. The molecule has 1 saturated heterocycles. The van der Waals surface area contributed by atoms with E-state index in [0.29, 0.717) is 5.11 Å². The smallest absolute Gasteiger partial charge is 0.189 e. The number of unbranched alkanes of at least 4 members (excludes halogenated alkanes) is 2. The van der Waals surface area contributed by atoms with Gasteiger partial charge in [-0.25, -0.2) is 5.43 Å². The van der Waals surface area contributed by atoms with Gasteiger partial charge >= 0.3 is 0 Å². The van der Waals surface area contributed by atoms with E-state index >= 15 is 0 Å². The van der Waals surface area contributed by atoms with E-state index in [-0.39, 0.29) is 5.66 Å². The molecule has 1 aromatic carbocycles. The van der Waals surface area contributed by atoms with E-state index in [1.54, 1.807) is 0 Å². The van der Waals surface area contributed by atoms with Crippen LogP contribution in [0, 0.1) is 0 Å². The summed E-state index contributed by atoms with van der Waals surface area (Å²) in [5, 5.41) is 6.72. The number of anilines is 1. The van der Waals surface area contributed by atoms with E-state index in [4.69, 9.17) is 23.8 Å². The molecule has 0 saturated carbocycles. The molecule has 1 aliphatic heterocycles. The molecule has 2 rings (SSSR count). The van der Waals surface area contributed by atoms with Crippen molar-refractivity contribution >= 4 is 34.6 Å². The summed E-state index contributed by atoms with van der Waals surface area (Å²) in [5.74, 6) is 0. The van der Waals surface area contributed by atoms with Crippen LogP contribution < -0.4 is 15.8 Å². The van der Waals surface area contributed by atoms with Crippen LogP contribution in [0.1, 0.15) is 39.5 Å². The van der Waals surface area contributed by atoms with Crippen molar-refractivity contribution in [3.8, 4) is 0 Å². The molecule has 19 heavy (non-hydrogen) atoms. The lowest BCUT2D eigenvalue weighted by Crippen LogP contribution is -2.48. The van der Waals surface area contributed by atoms with Crippen LogP contribution in [0.3, 0.4) is 0 Å². The fraction of sp³-hybridized carbons (Fsp3) is 0.500. The summed E-state index contributed by atoms with van der Waals surface area (Å²) in [4.78, 5) is 0. The second-order valence-corrected chi connectivity index (χ2v) is 5.97. The summed E-state index contributed by atoms with van der Waals surface area (Å²) in [6, 6.07) is 7.66. The van der Waals surface area contributed by atoms with Crippen LogP contribution in [-0.4, -0.2) is 10.8 Å². The molecule has 0 unspecified atom stereocenters. The highest BCUT2D eigenvalue weighted by Crippen LogP contribution is 2.24. The predicted octanol–water partition coefficient (Wildman–Crippen LogP) is 3.84. The van der Waals surface area contributed by atoms with Gasteiger partial charge in [-0.15, -0.1) is 0 Å². The molecule has 0 aromatic heterocycles. The zero-order valence-electron chi connectivity index (χ0n) is 11.4. The van der Waals surface area contributed by atoms with Crippen molar-refractivity contribution < 1.29 is 0 Å². The van der Waals surface area contributed by atoms with Crippen molar-refractivity contribution in [3.63, 3.8) is 0 Å². The maximum Gasteiger partial charge on any atom is 0.189 e. The lowest BCUT2D eigenvalue weighted by Gasteiger charge is -2.25. The number of hydrogen-bond acceptors (Lipinski definition) is 2. The fourth-order valence-corrected chi connectivity index (χ4v) is 2.74. The number of nitrogens with zero attached hydrogens (tertiary/aromatic N) is 1. The first-order chi connectivity index (χ1) is 9.04. The number of halogens is 1. The Balaban J connectivity index is 2.04. The van der Waals surface area contributed by atoms with Crippen molar-refractivity contribution in [2.24, 2.45) is 0 Å². The summed E-state index contributed by atoms with van der Waals surface area (Å²) in [6.07, 6.45) is 4.70. The molecule has 0 spiro atoms. The molecule has 3 nitrogen and oxygen atoms in total. The van der Waals surface area contributed by atoms with Gasteiger partial charge in [-0.1, -0.05) is 31.4 Å². The first kappa shape index (κ1) is 14.6. The standard InChI is InChI=1S/C14H20ClN3S/c1-3-4-5-10-14(2)16-13(19)18(17-14)12-8-6-11(15)7-9-12/h6-9,17H,3-5,10H2,1-2H3,(H,16,19)/t14-/m1/s1. The van der Waals surface area contributed by atoms with Crippen molar-refractivity contribution in [1.29, 1.82) is 0 Å². The Kier molecular flexibility index (Phi) is 4.66. The van der Waals surface area contributed by atoms with Gasteiger partial charge in [0.25, 0.3) is 0 Å². The fourth-order valence-electron chi connectivity index (χ4n) is 2.24. The van der Waals surface area contributed by atoms with Gasteiger partial charge in [0.15, 0.2) is 5.11 Å². The van der Waals surface area contributed by atoms with Crippen LogP contribution in [0.5, 0.6) is 0 Å². The van der Waals surface area contributed by atoms with Crippen molar-refractivity contribution in [3.05, 3.63) is 29.3 Å². The van der Waals surface area contributed by atoms with Gasteiger partial charge in [0.05, 0.1) is 5.69 Å². The van der Waals surface area contributed by atoms with Gasteiger partial charge in [-0.3, -0.25) is 5.01 Å². The summed E-state index contributed by atoms with van der Waals surface area (Å²) in [7, 11) is 0. The van der Waals surface area contributed by atoms with Gasteiger partial charge in [-0.05, 0) is 56.2 Å². The monoisotopic (exact) mass is 297 g/mol. The molecule has 0 radical (unpaired) electrons. The highest BCUT2D eigenvalue weighted by molar-refractivity contribution is 7.80. The van der Waals surface area contributed by atoms with Gasteiger partial charge in [-0.2, -0.15) is 0 Å². The van der Waals surface area contributed by atoms with E-state index in [1.165, 1.54) is 19.3 Å². The van der Waals surface area contributed by atoms with E-state index < -0.39 is 0 Å². The predicted molar refractivity (Wildman–Crippen MR) is 85.3 cm³/mol. The second kappa shape index (κ2) is 6.07. The molecule has 0 amide bonds. The number of hydrogen-bond donors (Lipinski definition) is 2. The van der Waals surface area contributed by atoms with Crippen LogP contribution in [-0.2, 0) is 0 Å². The molecule has 0 bridgehead atoms. The largest absolute Gasteiger partial charge is 0.342 e. The number of thiocarbonyl (C=S) groups is 1.